The molecule has 0 aromatic carbocycles. The molecule has 0 aromatic heterocycles. The molecule has 0 radical (unpaired) electrons. The van der Waals surface area contributed by atoms with Crippen molar-refractivity contribution in [1.82, 2.24) is 0 Å². The number of hydrogen-bond acceptors (Lipinski definition) is 4. The average Bonchev–Trinajstić information content (AvgIpc) is 1.89. The molecule has 0 N–H and O–H groups in total. The van der Waals surface area contributed by atoms with E-state index in [-0.39, 0.29) is 6.54 Å². The number of nitrogens with zero attached hydrogens (tertiary/aromatic N) is 2. The van der Waals surface area contributed by atoms with Crippen LogP contribution in [0.4, 0.5) is 0 Å². The molecule has 0 aromatic rings. The lowest BCUT2D eigenvalue weighted by atomic mass is 10.6. The van der Waals surface area contributed by atoms with Crippen LogP contribution in [0.15, 0.2) is 22.3 Å². The highest BCUT2D eigenvalue weighted by Gasteiger charge is 1.66. The van der Waals surface area contributed by atoms with Crippen molar-refractivity contribution >= 4 is 12.2 Å². The van der Waals surface area contributed by atoms with E-state index < -0.39 is 0 Å². The van der Waals surface area contributed by atoms with Crippen LogP contribution in [0.1, 0.15) is 0 Å². The van der Waals surface area contributed by atoms with Gasteiger partial charge in [0.15, 0.2) is 0 Å². The molecule has 0 aliphatic carbocycles. The first-order chi connectivity index (χ1) is 4.41. The fraction of sp³-hybridized carbons (Fsp3) is 0.200. The first-order valence-corrected chi connectivity index (χ1v) is 2.17. The Labute approximate surface area is 51.6 Å². The van der Waals surface area contributed by atoms with E-state index in [1.807, 2.05) is 0 Å². The molecule has 0 aliphatic rings. The Morgan fingerprint density at radius 3 is 2.67 bits per heavy atom. The molecular weight excluding hydrogens is 120 g/mol. The molecule has 0 amide bonds. The van der Waals surface area contributed by atoms with Gasteiger partial charge in [0.2, 0.25) is 12.2 Å². The SMILES string of the molecule is O=C=N/C=C/CN=C=O. The topological polar surface area (TPSA) is 58.9 Å². The third-order valence-electron chi connectivity index (χ3n) is 0.494. The van der Waals surface area contributed by atoms with E-state index in [0.717, 1.165) is 0 Å². The Morgan fingerprint density at radius 2 is 2.11 bits per heavy atom. The lowest BCUT2D eigenvalue weighted by Gasteiger charge is -1.69. The summed E-state index contributed by atoms with van der Waals surface area (Å²) >= 11 is 0. The molecule has 9 heavy (non-hydrogen) atoms. The third kappa shape index (κ3) is 6.50. The number of aliphatic imine (C=N–C) groups is 2. The molecule has 0 fully saturated rings. The van der Waals surface area contributed by atoms with E-state index in [1.54, 1.807) is 0 Å². The molecular formula is C5H4N2O2. The molecule has 0 rings (SSSR count). The molecule has 0 atom stereocenters. The van der Waals surface area contributed by atoms with Crippen molar-refractivity contribution in [3.63, 3.8) is 0 Å². The van der Waals surface area contributed by atoms with Crippen molar-refractivity contribution in [2.24, 2.45) is 9.98 Å². The fourth-order valence-electron chi connectivity index (χ4n) is 0.220. The van der Waals surface area contributed by atoms with E-state index in [0.29, 0.717) is 0 Å². The van der Waals surface area contributed by atoms with Crippen LogP contribution >= 0.6 is 0 Å². The molecule has 0 unspecified atom stereocenters. The largest absolute Gasteiger partial charge is 0.239 e. The van der Waals surface area contributed by atoms with Gasteiger partial charge in [-0.25, -0.2) is 14.6 Å². The predicted molar refractivity (Wildman–Crippen MR) is 30.2 cm³/mol. The zero-order valence-corrected chi connectivity index (χ0v) is 4.57. The second-order valence-corrected chi connectivity index (χ2v) is 1.04. The maximum atomic E-state index is 9.40. The molecule has 0 saturated carbocycles. The third-order valence-corrected chi connectivity index (χ3v) is 0.494. The summed E-state index contributed by atoms with van der Waals surface area (Å²) in [4.78, 5) is 25.0. The van der Waals surface area contributed by atoms with Crippen LogP contribution in [0, 0.1) is 0 Å². The monoisotopic (exact) mass is 124 g/mol. The van der Waals surface area contributed by atoms with Gasteiger partial charge in [-0.15, -0.1) is 0 Å². The average molecular weight is 124 g/mol. The first kappa shape index (κ1) is 7.50. The number of hydrogen-bond donors (Lipinski definition) is 0. The summed E-state index contributed by atoms with van der Waals surface area (Å²) in [6.07, 6.45) is 5.28. The minimum atomic E-state index is 0.203. The standard InChI is InChI=1S/C5H4N2O2/c8-4-6-2-1-3-7-5-9/h1-2H,3H2/b2-1+. The predicted octanol–water partition coefficient (Wildman–Crippen LogP) is 0.172. The van der Waals surface area contributed by atoms with Gasteiger partial charge in [-0.3, -0.25) is 0 Å². The van der Waals surface area contributed by atoms with Gasteiger partial charge >= 0.3 is 0 Å². The smallest absolute Gasteiger partial charge is 0.211 e. The van der Waals surface area contributed by atoms with E-state index in [1.165, 1.54) is 24.4 Å². The van der Waals surface area contributed by atoms with Crippen LogP contribution in [0.5, 0.6) is 0 Å². The maximum Gasteiger partial charge on any atom is 0.239 e. The summed E-state index contributed by atoms with van der Waals surface area (Å²) in [6, 6.07) is 0. The van der Waals surface area contributed by atoms with Gasteiger partial charge < -0.3 is 0 Å². The lowest BCUT2D eigenvalue weighted by Crippen LogP contribution is -1.66. The number of carbonyl (C=O) groups excluding carboxylic acids is 2. The Morgan fingerprint density at radius 1 is 1.33 bits per heavy atom. The van der Waals surface area contributed by atoms with Crippen molar-refractivity contribution in [3.8, 4) is 0 Å². The van der Waals surface area contributed by atoms with Gasteiger partial charge in [0.25, 0.3) is 0 Å². The summed E-state index contributed by atoms with van der Waals surface area (Å²) < 4.78 is 0. The summed E-state index contributed by atoms with van der Waals surface area (Å²) in [7, 11) is 0. The highest BCUT2D eigenvalue weighted by molar-refractivity contribution is 5.35. The van der Waals surface area contributed by atoms with Crippen LogP contribution in [0.3, 0.4) is 0 Å². The van der Waals surface area contributed by atoms with Crippen LogP contribution in [0.25, 0.3) is 0 Å². The molecule has 4 heteroatoms. The Hall–Kier alpha value is -1.50. The quantitative estimate of drug-likeness (QED) is 0.397. The fourth-order valence-corrected chi connectivity index (χ4v) is 0.220. The molecule has 0 aliphatic heterocycles. The zero-order valence-electron chi connectivity index (χ0n) is 4.57. The van der Waals surface area contributed by atoms with E-state index in [4.69, 9.17) is 0 Å². The minimum absolute atomic E-state index is 0.203. The molecule has 0 heterocycles. The van der Waals surface area contributed by atoms with Crippen LogP contribution in [-0.4, -0.2) is 18.7 Å². The Bertz CT molecular complexity index is 185. The molecule has 0 bridgehead atoms. The molecule has 0 spiro atoms. The highest BCUT2D eigenvalue weighted by Crippen LogP contribution is 1.72. The molecule has 0 saturated heterocycles. The van der Waals surface area contributed by atoms with Gasteiger partial charge in [-0.1, -0.05) is 0 Å². The summed E-state index contributed by atoms with van der Waals surface area (Å²) in [5.41, 5.74) is 0. The van der Waals surface area contributed by atoms with Crippen LogP contribution in [-0.2, 0) is 9.59 Å². The van der Waals surface area contributed by atoms with Crippen LogP contribution in [0.2, 0.25) is 0 Å². The molecule has 46 valence electrons. The Balaban J connectivity index is 3.47. The second-order valence-electron chi connectivity index (χ2n) is 1.04. The van der Waals surface area contributed by atoms with Gasteiger partial charge in [-0.05, 0) is 6.08 Å². The second kappa shape index (κ2) is 6.50. The summed E-state index contributed by atoms with van der Waals surface area (Å²) in [5.74, 6) is 0. The van der Waals surface area contributed by atoms with Gasteiger partial charge in [-0.2, -0.15) is 4.99 Å². The van der Waals surface area contributed by atoms with E-state index in [9.17, 15) is 9.59 Å². The van der Waals surface area contributed by atoms with Crippen molar-refractivity contribution in [1.29, 1.82) is 0 Å². The minimum Gasteiger partial charge on any atom is -0.211 e. The number of rotatable bonds is 3. The van der Waals surface area contributed by atoms with Crippen molar-refractivity contribution in [2.45, 2.75) is 0 Å². The van der Waals surface area contributed by atoms with E-state index >= 15 is 0 Å². The van der Waals surface area contributed by atoms with Crippen LogP contribution < -0.4 is 0 Å². The van der Waals surface area contributed by atoms with Gasteiger partial charge in [0, 0.05) is 6.20 Å². The summed E-state index contributed by atoms with van der Waals surface area (Å²) in [6.45, 7) is 0.203. The first-order valence-electron chi connectivity index (χ1n) is 2.17. The highest BCUT2D eigenvalue weighted by atomic mass is 16.1. The maximum absolute atomic E-state index is 9.40. The van der Waals surface area contributed by atoms with Crippen molar-refractivity contribution in [3.05, 3.63) is 12.3 Å². The Kier molecular flexibility index (Phi) is 5.42. The summed E-state index contributed by atoms with van der Waals surface area (Å²) in [5, 5.41) is 0. The normalized spacial score (nSPS) is 8.00. The zero-order chi connectivity index (χ0) is 6.95. The van der Waals surface area contributed by atoms with E-state index in [2.05, 4.69) is 9.98 Å². The number of isocyanates is 2. The van der Waals surface area contributed by atoms with Gasteiger partial charge in [0.05, 0.1) is 6.54 Å². The van der Waals surface area contributed by atoms with Crippen molar-refractivity contribution in [2.75, 3.05) is 6.54 Å². The van der Waals surface area contributed by atoms with Gasteiger partial charge in [0.1, 0.15) is 0 Å². The molecule has 4 nitrogen and oxygen atoms in total. The van der Waals surface area contributed by atoms with Crippen molar-refractivity contribution < 1.29 is 9.59 Å². The lowest BCUT2D eigenvalue weighted by molar-refractivity contribution is 0.563.